The molecular formula is C13H16BrClN2O. The fraction of sp³-hybridized carbons (Fsp3) is 0.462. The first-order valence-corrected chi connectivity index (χ1v) is 7.19. The number of benzene rings is 1. The van der Waals surface area contributed by atoms with Crippen molar-refractivity contribution in [3.8, 4) is 0 Å². The summed E-state index contributed by atoms with van der Waals surface area (Å²) in [5.74, 6) is -0.00630. The van der Waals surface area contributed by atoms with Gasteiger partial charge < -0.3 is 10.2 Å². The Labute approximate surface area is 121 Å². The first-order valence-electron chi connectivity index (χ1n) is 6.02. The summed E-state index contributed by atoms with van der Waals surface area (Å²) in [5, 5.41) is 3.80. The zero-order valence-electron chi connectivity index (χ0n) is 10.2. The molecule has 0 radical (unpaired) electrons. The van der Waals surface area contributed by atoms with E-state index in [1.807, 2.05) is 18.0 Å². The van der Waals surface area contributed by atoms with Crippen LogP contribution in [-0.2, 0) is 0 Å². The summed E-state index contributed by atoms with van der Waals surface area (Å²) in [6.45, 7) is 1.93. The Morgan fingerprint density at radius 2 is 2.11 bits per heavy atom. The highest BCUT2D eigenvalue weighted by atomic mass is 79.9. The van der Waals surface area contributed by atoms with Crippen LogP contribution in [0.25, 0.3) is 0 Å². The Hall–Kier alpha value is -0.580. The van der Waals surface area contributed by atoms with Gasteiger partial charge in [0.1, 0.15) is 0 Å². The van der Waals surface area contributed by atoms with Crippen molar-refractivity contribution in [1.29, 1.82) is 0 Å². The Bertz CT molecular complexity index is 447. The van der Waals surface area contributed by atoms with Gasteiger partial charge in [0.2, 0.25) is 0 Å². The average molecular weight is 332 g/mol. The second-order valence-electron chi connectivity index (χ2n) is 4.52. The number of hydrogen-bond acceptors (Lipinski definition) is 2. The van der Waals surface area contributed by atoms with E-state index in [1.165, 1.54) is 0 Å². The highest BCUT2D eigenvalue weighted by Gasteiger charge is 2.24. The Morgan fingerprint density at radius 3 is 2.78 bits per heavy atom. The molecule has 0 atom stereocenters. The summed E-state index contributed by atoms with van der Waals surface area (Å²) in [7, 11) is 1.86. The van der Waals surface area contributed by atoms with Gasteiger partial charge in [0, 0.05) is 17.6 Å². The predicted octanol–water partition coefficient (Wildman–Crippen LogP) is 2.93. The lowest BCUT2D eigenvalue weighted by Gasteiger charge is -2.31. The molecule has 1 N–H and O–H groups in total. The van der Waals surface area contributed by atoms with E-state index in [1.54, 1.807) is 12.1 Å². The Kier molecular flexibility index (Phi) is 4.65. The summed E-state index contributed by atoms with van der Waals surface area (Å²) >= 11 is 9.46. The lowest BCUT2D eigenvalue weighted by molar-refractivity contribution is 0.0703. The van der Waals surface area contributed by atoms with E-state index in [9.17, 15) is 4.79 Å². The Morgan fingerprint density at radius 1 is 1.44 bits per heavy atom. The first-order chi connectivity index (χ1) is 8.59. The molecule has 0 unspecified atom stereocenters. The molecule has 1 fully saturated rings. The SMILES string of the molecule is CN(C(=O)c1cc(Br)ccc1Cl)C1CCNCC1. The summed E-state index contributed by atoms with van der Waals surface area (Å²) in [4.78, 5) is 14.2. The second kappa shape index (κ2) is 6.04. The molecule has 1 aromatic rings. The molecule has 0 bridgehead atoms. The van der Waals surface area contributed by atoms with E-state index in [2.05, 4.69) is 21.2 Å². The molecule has 0 saturated carbocycles. The summed E-state index contributed by atoms with van der Waals surface area (Å²) in [6, 6.07) is 5.66. The highest BCUT2D eigenvalue weighted by molar-refractivity contribution is 9.10. The average Bonchev–Trinajstić information content (AvgIpc) is 2.41. The third-order valence-corrected chi connectivity index (χ3v) is 4.16. The molecule has 3 nitrogen and oxygen atoms in total. The van der Waals surface area contributed by atoms with E-state index < -0.39 is 0 Å². The van der Waals surface area contributed by atoms with Gasteiger partial charge in [-0.3, -0.25) is 4.79 Å². The molecule has 0 aliphatic carbocycles. The van der Waals surface area contributed by atoms with Crippen LogP contribution in [0.5, 0.6) is 0 Å². The van der Waals surface area contributed by atoms with E-state index in [-0.39, 0.29) is 5.91 Å². The van der Waals surface area contributed by atoms with Crippen molar-refractivity contribution < 1.29 is 4.79 Å². The molecule has 0 spiro atoms. The van der Waals surface area contributed by atoms with Crippen LogP contribution in [0.3, 0.4) is 0 Å². The fourth-order valence-electron chi connectivity index (χ4n) is 2.21. The molecule has 1 aliphatic rings. The number of carbonyl (C=O) groups is 1. The minimum Gasteiger partial charge on any atom is -0.339 e. The van der Waals surface area contributed by atoms with Gasteiger partial charge in [-0.2, -0.15) is 0 Å². The van der Waals surface area contributed by atoms with Crippen molar-refractivity contribution in [3.63, 3.8) is 0 Å². The number of carbonyl (C=O) groups excluding carboxylic acids is 1. The van der Waals surface area contributed by atoms with Gasteiger partial charge in [-0.1, -0.05) is 27.5 Å². The van der Waals surface area contributed by atoms with Crippen molar-refractivity contribution in [2.24, 2.45) is 0 Å². The van der Waals surface area contributed by atoms with Gasteiger partial charge >= 0.3 is 0 Å². The van der Waals surface area contributed by atoms with Crippen molar-refractivity contribution in [2.75, 3.05) is 20.1 Å². The normalized spacial score (nSPS) is 16.6. The topological polar surface area (TPSA) is 32.3 Å². The quantitative estimate of drug-likeness (QED) is 0.904. The van der Waals surface area contributed by atoms with Crippen LogP contribution >= 0.6 is 27.5 Å². The summed E-state index contributed by atoms with van der Waals surface area (Å²) in [5.41, 5.74) is 0.562. The lowest BCUT2D eigenvalue weighted by Crippen LogP contribution is -2.44. The molecule has 1 amide bonds. The maximum Gasteiger partial charge on any atom is 0.255 e. The van der Waals surface area contributed by atoms with Gasteiger partial charge in [0.25, 0.3) is 5.91 Å². The summed E-state index contributed by atoms with van der Waals surface area (Å²) in [6.07, 6.45) is 1.99. The highest BCUT2D eigenvalue weighted by Crippen LogP contribution is 2.23. The smallest absolute Gasteiger partial charge is 0.255 e. The van der Waals surface area contributed by atoms with E-state index in [0.717, 1.165) is 30.4 Å². The second-order valence-corrected chi connectivity index (χ2v) is 5.84. The molecule has 0 aromatic heterocycles. The van der Waals surface area contributed by atoms with Crippen molar-refractivity contribution >= 4 is 33.4 Å². The number of hydrogen-bond donors (Lipinski definition) is 1. The van der Waals surface area contributed by atoms with Crippen LogP contribution in [0.4, 0.5) is 0 Å². The van der Waals surface area contributed by atoms with Crippen molar-refractivity contribution in [1.82, 2.24) is 10.2 Å². The van der Waals surface area contributed by atoms with Crippen LogP contribution < -0.4 is 5.32 Å². The van der Waals surface area contributed by atoms with E-state index in [4.69, 9.17) is 11.6 Å². The molecule has 1 saturated heterocycles. The molecule has 1 heterocycles. The van der Waals surface area contributed by atoms with E-state index in [0.29, 0.717) is 16.6 Å². The minimum absolute atomic E-state index is 0.00630. The number of nitrogens with zero attached hydrogens (tertiary/aromatic N) is 1. The monoisotopic (exact) mass is 330 g/mol. The van der Waals surface area contributed by atoms with Crippen molar-refractivity contribution in [3.05, 3.63) is 33.3 Å². The standard InChI is InChI=1S/C13H16BrClN2O/c1-17(10-4-6-16-7-5-10)13(18)11-8-9(14)2-3-12(11)15/h2-3,8,10,16H,4-7H2,1H3. The molecule has 2 rings (SSSR count). The third kappa shape index (κ3) is 3.05. The zero-order valence-corrected chi connectivity index (χ0v) is 12.6. The van der Waals surface area contributed by atoms with Crippen LogP contribution in [0.2, 0.25) is 5.02 Å². The minimum atomic E-state index is -0.00630. The van der Waals surface area contributed by atoms with Crippen LogP contribution in [0.1, 0.15) is 23.2 Å². The van der Waals surface area contributed by atoms with Gasteiger partial charge in [-0.25, -0.2) is 0 Å². The molecule has 5 heteroatoms. The zero-order chi connectivity index (χ0) is 13.1. The molecule has 1 aliphatic heterocycles. The van der Waals surface area contributed by atoms with Gasteiger partial charge in [0.05, 0.1) is 10.6 Å². The molecular weight excluding hydrogens is 316 g/mol. The third-order valence-electron chi connectivity index (χ3n) is 3.34. The molecule has 98 valence electrons. The largest absolute Gasteiger partial charge is 0.339 e. The van der Waals surface area contributed by atoms with Gasteiger partial charge in [-0.15, -0.1) is 0 Å². The summed E-state index contributed by atoms with van der Waals surface area (Å²) < 4.78 is 0.869. The van der Waals surface area contributed by atoms with Gasteiger partial charge in [-0.05, 0) is 44.1 Å². The van der Waals surface area contributed by atoms with E-state index >= 15 is 0 Å². The Balaban J connectivity index is 2.16. The fourth-order valence-corrected chi connectivity index (χ4v) is 2.77. The maximum absolute atomic E-state index is 12.4. The van der Waals surface area contributed by atoms with Crippen LogP contribution in [-0.4, -0.2) is 37.0 Å². The number of nitrogens with one attached hydrogen (secondary N) is 1. The van der Waals surface area contributed by atoms with Crippen molar-refractivity contribution in [2.45, 2.75) is 18.9 Å². The molecule has 18 heavy (non-hydrogen) atoms. The van der Waals surface area contributed by atoms with Gasteiger partial charge in [0.15, 0.2) is 0 Å². The number of amides is 1. The maximum atomic E-state index is 12.4. The number of rotatable bonds is 2. The van der Waals surface area contributed by atoms with Crippen LogP contribution in [0, 0.1) is 0 Å². The predicted molar refractivity (Wildman–Crippen MR) is 77.1 cm³/mol. The lowest BCUT2D eigenvalue weighted by atomic mass is 10.0. The number of piperidine rings is 1. The first kappa shape index (κ1) is 13.8. The number of halogens is 2. The molecule has 1 aromatic carbocycles. The van der Waals surface area contributed by atoms with Crippen LogP contribution in [0.15, 0.2) is 22.7 Å².